The molecule has 0 amide bonds. The van der Waals surface area contributed by atoms with E-state index in [2.05, 4.69) is 139 Å². The van der Waals surface area contributed by atoms with E-state index < -0.39 is 0 Å². The number of likely N-dealkylation sites (N-methyl/N-ethyl adjacent to an activating group) is 2. The summed E-state index contributed by atoms with van der Waals surface area (Å²) >= 11 is 7.16. The molecule has 0 radical (unpaired) electrons. The molecular weight excluding hydrogens is 590 g/mol. The van der Waals surface area contributed by atoms with Gasteiger partial charge in [0.15, 0.2) is 0 Å². The van der Waals surface area contributed by atoms with Crippen molar-refractivity contribution in [3.8, 4) is 6.07 Å². The van der Waals surface area contributed by atoms with Crippen molar-refractivity contribution < 1.29 is 0 Å². The molecule has 0 unspecified atom stereocenters. The first-order valence-corrected chi connectivity index (χ1v) is 14.3. The second-order valence-corrected chi connectivity index (χ2v) is 11.8. The predicted octanol–water partition coefficient (Wildman–Crippen LogP) is 5.99. The number of halogens is 2. The van der Waals surface area contributed by atoms with Gasteiger partial charge in [-0.25, -0.2) is 0 Å². The van der Waals surface area contributed by atoms with Crippen LogP contribution in [0.3, 0.4) is 0 Å². The maximum Gasteiger partial charge on any atom is 0.0995 e. The Labute approximate surface area is 238 Å². The van der Waals surface area contributed by atoms with Gasteiger partial charge in [-0.3, -0.25) is 9.80 Å². The summed E-state index contributed by atoms with van der Waals surface area (Å²) in [5.74, 6) is 0. The van der Waals surface area contributed by atoms with E-state index in [-0.39, 0.29) is 6.04 Å². The van der Waals surface area contributed by atoms with Crippen LogP contribution >= 0.6 is 31.9 Å². The van der Waals surface area contributed by atoms with Gasteiger partial charge >= 0.3 is 0 Å². The van der Waals surface area contributed by atoms with Crippen molar-refractivity contribution in [2.75, 3.05) is 65.3 Å². The van der Waals surface area contributed by atoms with Gasteiger partial charge in [0.25, 0.3) is 0 Å². The molecule has 3 aromatic rings. The Balaban J connectivity index is 1.47. The first-order chi connectivity index (χ1) is 17.8. The Hall–Kier alpha value is -2.21. The molecule has 1 aliphatic rings. The zero-order chi connectivity index (χ0) is 26.4. The Kier molecular flexibility index (Phi) is 9.80. The number of hydrogen-bond acceptors (Lipinski definition) is 5. The largest absolute Gasteiger partial charge is 0.373 e. The van der Waals surface area contributed by atoms with Crippen molar-refractivity contribution in [3.05, 3.63) is 97.9 Å². The molecule has 1 saturated heterocycles. The van der Waals surface area contributed by atoms with Crippen LogP contribution in [0.1, 0.15) is 28.3 Å². The molecule has 0 bridgehead atoms. The Morgan fingerprint density at radius 3 is 1.89 bits per heavy atom. The highest BCUT2D eigenvalue weighted by molar-refractivity contribution is 9.10. The number of nitriles is 1. The quantitative estimate of drug-likeness (QED) is 0.292. The molecule has 0 N–H and O–H groups in total. The summed E-state index contributed by atoms with van der Waals surface area (Å²) in [6.07, 6.45) is 0. The molecule has 5 nitrogen and oxygen atoms in total. The van der Waals surface area contributed by atoms with E-state index in [4.69, 9.17) is 0 Å². The number of piperazine rings is 1. The minimum atomic E-state index is 0.215. The van der Waals surface area contributed by atoms with E-state index in [0.717, 1.165) is 65.9 Å². The summed E-state index contributed by atoms with van der Waals surface area (Å²) in [4.78, 5) is 9.52. The van der Waals surface area contributed by atoms with Gasteiger partial charge in [0.1, 0.15) is 0 Å². The lowest BCUT2D eigenvalue weighted by Gasteiger charge is -2.40. The molecule has 1 heterocycles. The SMILES string of the molecule is CN(C)CCN(C)c1ccc(C#N)c(CN2CCN(C(c3ccc(Br)cc3)c3ccc(Br)cc3)CC2)c1. The number of rotatable bonds is 9. The summed E-state index contributed by atoms with van der Waals surface area (Å²) in [7, 11) is 6.31. The van der Waals surface area contributed by atoms with Gasteiger partial charge in [0, 0.05) is 67.5 Å². The van der Waals surface area contributed by atoms with Crippen LogP contribution < -0.4 is 4.90 Å². The van der Waals surface area contributed by atoms with Gasteiger partial charge in [-0.2, -0.15) is 5.26 Å². The highest BCUT2D eigenvalue weighted by atomic mass is 79.9. The third-order valence-corrected chi connectivity index (χ3v) is 8.13. The molecule has 0 aliphatic carbocycles. The Morgan fingerprint density at radius 2 is 1.38 bits per heavy atom. The van der Waals surface area contributed by atoms with Gasteiger partial charge in [-0.15, -0.1) is 0 Å². The van der Waals surface area contributed by atoms with E-state index in [1.165, 1.54) is 16.8 Å². The summed E-state index contributed by atoms with van der Waals surface area (Å²) in [5, 5.41) is 9.76. The van der Waals surface area contributed by atoms with Crippen molar-refractivity contribution in [2.45, 2.75) is 12.6 Å². The van der Waals surface area contributed by atoms with Crippen LogP contribution in [0.15, 0.2) is 75.7 Å². The molecule has 1 fully saturated rings. The average Bonchev–Trinajstić information content (AvgIpc) is 2.90. The zero-order valence-corrected chi connectivity index (χ0v) is 25.0. The fourth-order valence-electron chi connectivity index (χ4n) is 4.86. The molecule has 0 aromatic heterocycles. The van der Waals surface area contributed by atoms with Crippen LogP contribution in [-0.4, -0.2) is 75.1 Å². The van der Waals surface area contributed by atoms with Crippen molar-refractivity contribution in [1.82, 2.24) is 14.7 Å². The third-order valence-electron chi connectivity index (χ3n) is 7.07. The highest BCUT2D eigenvalue weighted by Crippen LogP contribution is 2.32. The van der Waals surface area contributed by atoms with Crippen LogP contribution in [0.25, 0.3) is 0 Å². The summed E-state index contributed by atoms with van der Waals surface area (Å²) in [6, 6.07) is 26.3. The van der Waals surface area contributed by atoms with Gasteiger partial charge in [0.2, 0.25) is 0 Å². The first kappa shape index (κ1) is 27.8. The normalized spacial score (nSPS) is 14.8. The van der Waals surface area contributed by atoms with Gasteiger partial charge in [-0.1, -0.05) is 56.1 Å². The Bertz CT molecular complexity index is 1150. The molecule has 37 heavy (non-hydrogen) atoms. The van der Waals surface area contributed by atoms with E-state index in [0.29, 0.717) is 0 Å². The first-order valence-electron chi connectivity index (χ1n) is 12.7. The number of nitrogens with zero attached hydrogens (tertiary/aromatic N) is 5. The van der Waals surface area contributed by atoms with Crippen LogP contribution in [-0.2, 0) is 6.54 Å². The van der Waals surface area contributed by atoms with Crippen molar-refractivity contribution in [1.29, 1.82) is 5.26 Å². The minimum absolute atomic E-state index is 0.215. The smallest absolute Gasteiger partial charge is 0.0995 e. The van der Waals surface area contributed by atoms with Gasteiger partial charge in [-0.05, 0) is 73.3 Å². The average molecular weight is 625 g/mol. The number of benzene rings is 3. The lowest BCUT2D eigenvalue weighted by Crippen LogP contribution is -2.47. The summed E-state index contributed by atoms with van der Waals surface area (Å²) < 4.78 is 2.19. The monoisotopic (exact) mass is 623 g/mol. The molecule has 0 atom stereocenters. The van der Waals surface area contributed by atoms with Crippen LogP contribution in [0.4, 0.5) is 5.69 Å². The van der Waals surface area contributed by atoms with Gasteiger partial charge < -0.3 is 9.80 Å². The fourth-order valence-corrected chi connectivity index (χ4v) is 5.39. The van der Waals surface area contributed by atoms with Crippen LogP contribution in [0.5, 0.6) is 0 Å². The standard InChI is InChI=1S/C30H35Br2N5/c1-34(2)14-15-35(3)29-13-8-25(21-33)26(20-29)22-36-16-18-37(19-17-36)30(23-4-9-27(31)10-5-23)24-6-11-28(32)12-7-24/h4-13,20,30H,14-19,22H2,1-3H3. The lowest BCUT2D eigenvalue weighted by atomic mass is 9.96. The molecular formula is C30H35Br2N5. The Morgan fingerprint density at radius 1 is 0.811 bits per heavy atom. The summed E-state index contributed by atoms with van der Waals surface area (Å²) in [5.41, 5.74) is 5.66. The van der Waals surface area contributed by atoms with E-state index >= 15 is 0 Å². The number of hydrogen-bond donors (Lipinski definition) is 0. The molecule has 1 aliphatic heterocycles. The molecule has 7 heteroatoms. The van der Waals surface area contributed by atoms with E-state index in [1.807, 2.05) is 6.07 Å². The van der Waals surface area contributed by atoms with Crippen molar-refractivity contribution >= 4 is 37.5 Å². The third kappa shape index (κ3) is 7.43. The van der Waals surface area contributed by atoms with Crippen molar-refractivity contribution in [2.24, 2.45) is 0 Å². The maximum atomic E-state index is 9.76. The maximum absolute atomic E-state index is 9.76. The predicted molar refractivity (Wildman–Crippen MR) is 160 cm³/mol. The summed E-state index contributed by atoms with van der Waals surface area (Å²) in [6.45, 7) is 6.62. The second kappa shape index (κ2) is 13.0. The number of anilines is 1. The van der Waals surface area contributed by atoms with Crippen LogP contribution in [0, 0.1) is 11.3 Å². The van der Waals surface area contributed by atoms with Gasteiger partial charge in [0.05, 0.1) is 17.7 Å². The van der Waals surface area contributed by atoms with Crippen molar-refractivity contribution in [3.63, 3.8) is 0 Å². The molecule has 4 rings (SSSR count). The second-order valence-electron chi connectivity index (χ2n) is 10.00. The molecule has 3 aromatic carbocycles. The van der Waals surface area contributed by atoms with Crippen LogP contribution in [0.2, 0.25) is 0 Å². The molecule has 194 valence electrons. The highest BCUT2D eigenvalue weighted by Gasteiger charge is 2.27. The van der Waals surface area contributed by atoms with E-state index in [9.17, 15) is 5.26 Å². The fraction of sp³-hybridized carbons (Fsp3) is 0.367. The molecule has 0 spiro atoms. The lowest BCUT2D eigenvalue weighted by molar-refractivity contribution is 0.105. The van der Waals surface area contributed by atoms with E-state index in [1.54, 1.807) is 0 Å². The topological polar surface area (TPSA) is 36.8 Å². The zero-order valence-electron chi connectivity index (χ0n) is 21.9. The minimum Gasteiger partial charge on any atom is -0.373 e. The molecule has 0 saturated carbocycles.